The standard InChI is InChI=1S/C24H30N4O3/c1-31-22-9-7-21(8-10-22)26-15-17-27(18-16-26)23(29)19-25-11-13-28(14-12-25)24(30)20-5-3-2-4-6-20/h2-10H,11-19H2,1H3/p+1. The first-order valence-electron chi connectivity index (χ1n) is 11.0. The molecule has 4 rings (SSSR count). The van der Waals surface area contributed by atoms with Crippen LogP contribution in [0.1, 0.15) is 10.4 Å². The number of hydrogen-bond acceptors (Lipinski definition) is 4. The van der Waals surface area contributed by atoms with Crippen LogP contribution in [-0.4, -0.2) is 87.6 Å². The van der Waals surface area contributed by atoms with Gasteiger partial charge in [-0.25, -0.2) is 0 Å². The SMILES string of the molecule is COc1ccc(N2CCN(C(=O)C[NH+]3CCN(C(=O)c4ccccc4)CC3)CC2)cc1. The zero-order valence-corrected chi connectivity index (χ0v) is 18.1. The van der Waals surface area contributed by atoms with Crippen molar-refractivity contribution in [3.8, 4) is 5.75 Å². The van der Waals surface area contributed by atoms with Crippen LogP contribution in [0.2, 0.25) is 0 Å². The van der Waals surface area contributed by atoms with E-state index in [9.17, 15) is 9.59 Å². The highest BCUT2D eigenvalue weighted by atomic mass is 16.5. The summed E-state index contributed by atoms with van der Waals surface area (Å²) >= 11 is 0. The molecule has 0 radical (unpaired) electrons. The smallest absolute Gasteiger partial charge is 0.277 e. The number of carbonyl (C=O) groups is 2. The molecule has 2 aliphatic heterocycles. The van der Waals surface area contributed by atoms with E-state index in [1.807, 2.05) is 52.3 Å². The molecule has 0 bridgehead atoms. The highest BCUT2D eigenvalue weighted by Gasteiger charge is 2.28. The summed E-state index contributed by atoms with van der Waals surface area (Å²) < 4.78 is 5.22. The van der Waals surface area contributed by atoms with Gasteiger partial charge in [0.2, 0.25) is 0 Å². The minimum atomic E-state index is 0.0839. The molecule has 7 nitrogen and oxygen atoms in total. The first-order valence-corrected chi connectivity index (χ1v) is 11.0. The lowest BCUT2D eigenvalue weighted by Gasteiger charge is -2.37. The molecule has 31 heavy (non-hydrogen) atoms. The highest BCUT2D eigenvalue weighted by Crippen LogP contribution is 2.20. The van der Waals surface area contributed by atoms with E-state index in [2.05, 4.69) is 17.0 Å². The molecule has 0 spiro atoms. The second-order valence-corrected chi connectivity index (χ2v) is 8.15. The normalized spacial score (nSPS) is 17.5. The maximum absolute atomic E-state index is 12.8. The van der Waals surface area contributed by atoms with Crippen LogP contribution in [0.3, 0.4) is 0 Å². The van der Waals surface area contributed by atoms with Crippen molar-refractivity contribution in [3.63, 3.8) is 0 Å². The molecule has 2 aromatic carbocycles. The van der Waals surface area contributed by atoms with Gasteiger partial charge in [-0.3, -0.25) is 9.59 Å². The molecule has 1 N–H and O–H groups in total. The first-order chi connectivity index (χ1) is 15.1. The number of hydrogen-bond donors (Lipinski definition) is 1. The van der Waals surface area contributed by atoms with Crippen molar-refractivity contribution in [1.29, 1.82) is 0 Å². The number of nitrogens with zero attached hydrogens (tertiary/aromatic N) is 3. The van der Waals surface area contributed by atoms with Crippen LogP contribution in [0.15, 0.2) is 54.6 Å². The topological polar surface area (TPSA) is 57.5 Å². The Morgan fingerprint density at radius 3 is 2.10 bits per heavy atom. The van der Waals surface area contributed by atoms with Gasteiger partial charge in [0.05, 0.1) is 33.3 Å². The summed E-state index contributed by atoms with van der Waals surface area (Å²) in [4.78, 5) is 32.9. The summed E-state index contributed by atoms with van der Waals surface area (Å²) in [5.41, 5.74) is 1.90. The van der Waals surface area contributed by atoms with Crippen molar-refractivity contribution in [2.75, 3.05) is 70.9 Å². The molecule has 0 unspecified atom stereocenters. The van der Waals surface area contributed by atoms with Crippen LogP contribution >= 0.6 is 0 Å². The molecule has 7 heteroatoms. The molecule has 0 aliphatic carbocycles. The number of rotatable bonds is 5. The van der Waals surface area contributed by atoms with Gasteiger partial charge in [-0.1, -0.05) is 18.2 Å². The molecule has 2 fully saturated rings. The maximum atomic E-state index is 12.8. The van der Waals surface area contributed by atoms with Gasteiger partial charge >= 0.3 is 0 Å². The van der Waals surface area contributed by atoms with Gasteiger partial charge in [0, 0.05) is 37.4 Å². The van der Waals surface area contributed by atoms with Crippen LogP contribution in [0.25, 0.3) is 0 Å². The van der Waals surface area contributed by atoms with Crippen LogP contribution in [-0.2, 0) is 4.79 Å². The summed E-state index contributed by atoms with van der Waals surface area (Å²) in [7, 11) is 1.67. The molecule has 2 saturated heterocycles. The summed E-state index contributed by atoms with van der Waals surface area (Å²) in [6.45, 7) is 6.71. The van der Waals surface area contributed by atoms with E-state index < -0.39 is 0 Å². The Morgan fingerprint density at radius 1 is 0.839 bits per heavy atom. The van der Waals surface area contributed by atoms with Crippen molar-refractivity contribution in [1.82, 2.24) is 9.80 Å². The second kappa shape index (κ2) is 9.83. The number of amides is 2. The molecule has 2 aliphatic rings. The number of nitrogens with one attached hydrogen (secondary N) is 1. The van der Waals surface area contributed by atoms with Gasteiger partial charge in [-0.2, -0.15) is 0 Å². The molecule has 0 saturated carbocycles. The van der Waals surface area contributed by atoms with Gasteiger partial charge in [-0.05, 0) is 36.4 Å². The monoisotopic (exact) mass is 423 g/mol. The Morgan fingerprint density at radius 2 is 1.48 bits per heavy atom. The average Bonchev–Trinajstić information content (AvgIpc) is 2.85. The van der Waals surface area contributed by atoms with E-state index in [4.69, 9.17) is 4.74 Å². The zero-order valence-electron chi connectivity index (χ0n) is 18.1. The predicted molar refractivity (Wildman–Crippen MR) is 120 cm³/mol. The minimum absolute atomic E-state index is 0.0839. The molecular formula is C24H31N4O3+. The summed E-state index contributed by atoms with van der Waals surface area (Å²) in [6, 6.07) is 17.5. The Balaban J connectivity index is 1.21. The fourth-order valence-corrected chi connectivity index (χ4v) is 4.30. The zero-order chi connectivity index (χ0) is 21.6. The van der Waals surface area contributed by atoms with Gasteiger partial charge in [0.1, 0.15) is 5.75 Å². The Labute approximate surface area is 183 Å². The lowest BCUT2D eigenvalue weighted by Crippen LogP contribution is -3.15. The van der Waals surface area contributed by atoms with Crippen molar-refractivity contribution < 1.29 is 19.2 Å². The van der Waals surface area contributed by atoms with Gasteiger partial charge < -0.3 is 24.3 Å². The number of benzene rings is 2. The molecule has 0 atom stereocenters. The van der Waals surface area contributed by atoms with Crippen molar-refractivity contribution in [2.45, 2.75) is 0 Å². The van der Waals surface area contributed by atoms with Crippen molar-refractivity contribution >= 4 is 17.5 Å². The van der Waals surface area contributed by atoms with Crippen LogP contribution < -0.4 is 14.5 Å². The van der Waals surface area contributed by atoms with Crippen molar-refractivity contribution in [3.05, 3.63) is 60.2 Å². The van der Waals surface area contributed by atoms with Crippen LogP contribution in [0.4, 0.5) is 5.69 Å². The third-order valence-corrected chi connectivity index (χ3v) is 6.25. The van der Waals surface area contributed by atoms with Gasteiger partial charge in [-0.15, -0.1) is 0 Å². The molecule has 2 heterocycles. The van der Waals surface area contributed by atoms with Gasteiger partial charge in [0.25, 0.3) is 11.8 Å². The second-order valence-electron chi connectivity index (χ2n) is 8.15. The quantitative estimate of drug-likeness (QED) is 0.756. The number of piperazine rings is 2. The number of carbonyl (C=O) groups excluding carboxylic acids is 2. The van der Waals surface area contributed by atoms with Crippen LogP contribution in [0.5, 0.6) is 5.75 Å². The summed E-state index contributed by atoms with van der Waals surface area (Å²) in [6.07, 6.45) is 0. The minimum Gasteiger partial charge on any atom is -0.497 e. The number of anilines is 1. The first kappa shape index (κ1) is 21.2. The maximum Gasteiger partial charge on any atom is 0.277 e. The molecule has 2 amide bonds. The van der Waals surface area contributed by atoms with E-state index in [1.54, 1.807) is 7.11 Å². The van der Waals surface area contributed by atoms with Crippen LogP contribution in [0, 0.1) is 0 Å². The van der Waals surface area contributed by atoms with Gasteiger partial charge in [0.15, 0.2) is 6.54 Å². The summed E-state index contributed by atoms with van der Waals surface area (Å²) in [5.74, 6) is 1.15. The number of quaternary nitrogens is 1. The Kier molecular flexibility index (Phi) is 6.72. The fraction of sp³-hybridized carbons (Fsp3) is 0.417. The Hall–Kier alpha value is -3.06. The average molecular weight is 424 g/mol. The lowest BCUT2D eigenvalue weighted by molar-refractivity contribution is -0.896. The lowest BCUT2D eigenvalue weighted by atomic mass is 10.2. The van der Waals surface area contributed by atoms with E-state index in [0.717, 1.165) is 56.3 Å². The van der Waals surface area contributed by atoms with E-state index in [1.165, 1.54) is 4.90 Å². The fourth-order valence-electron chi connectivity index (χ4n) is 4.30. The highest BCUT2D eigenvalue weighted by molar-refractivity contribution is 5.94. The Bertz CT molecular complexity index is 871. The number of ether oxygens (including phenoxy) is 1. The van der Waals surface area contributed by atoms with E-state index in [0.29, 0.717) is 19.6 Å². The molecule has 2 aromatic rings. The van der Waals surface area contributed by atoms with Crippen molar-refractivity contribution in [2.24, 2.45) is 0 Å². The third kappa shape index (κ3) is 5.17. The molecule has 164 valence electrons. The van der Waals surface area contributed by atoms with E-state index in [-0.39, 0.29) is 11.8 Å². The molecular weight excluding hydrogens is 392 g/mol. The number of methoxy groups -OCH3 is 1. The largest absolute Gasteiger partial charge is 0.497 e. The third-order valence-electron chi connectivity index (χ3n) is 6.25. The predicted octanol–water partition coefficient (Wildman–Crippen LogP) is 0.385. The molecule has 0 aromatic heterocycles. The summed E-state index contributed by atoms with van der Waals surface area (Å²) in [5, 5.41) is 0. The van der Waals surface area contributed by atoms with E-state index >= 15 is 0 Å².